The van der Waals surface area contributed by atoms with E-state index >= 15 is 0 Å². The van der Waals surface area contributed by atoms with Gasteiger partial charge in [0.15, 0.2) is 0 Å². The van der Waals surface area contributed by atoms with Gasteiger partial charge in [0.05, 0.1) is 11.0 Å². The summed E-state index contributed by atoms with van der Waals surface area (Å²) < 4.78 is 0. The van der Waals surface area contributed by atoms with E-state index in [1.54, 1.807) is 6.92 Å². The van der Waals surface area contributed by atoms with Crippen molar-refractivity contribution in [2.45, 2.75) is 39.8 Å². The minimum absolute atomic E-state index is 0.0365. The molecular weight excluding hydrogens is 280 g/mol. The standard InChI is InChI=1S/C14H21ClN2O3/c1-10(18)7-14(2,3)9-16-8-11-6-12(17(19)20)4-5-13(11)15/h4-6,10,16,18H,7-9H2,1-3H3. The number of benzene rings is 1. The lowest BCUT2D eigenvalue weighted by molar-refractivity contribution is -0.384. The lowest BCUT2D eigenvalue weighted by Crippen LogP contribution is -2.31. The molecule has 1 rings (SSSR count). The molecule has 6 heteroatoms. The molecule has 1 aromatic rings. The fourth-order valence-corrected chi connectivity index (χ4v) is 2.40. The zero-order valence-electron chi connectivity index (χ0n) is 12.0. The van der Waals surface area contributed by atoms with E-state index in [9.17, 15) is 15.2 Å². The Morgan fingerprint density at radius 3 is 2.70 bits per heavy atom. The Morgan fingerprint density at radius 1 is 1.50 bits per heavy atom. The van der Waals surface area contributed by atoms with Crippen molar-refractivity contribution in [2.75, 3.05) is 6.54 Å². The molecule has 0 heterocycles. The summed E-state index contributed by atoms with van der Waals surface area (Å²) in [6.07, 6.45) is 0.330. The second-order valence-corrected chi connectivity index (χ2v) is 6.26. The summed E-state index contributed by atoms with van der Waals surface area (Å²) in [4.78, 5) is 10.3. The Hall–Kier alpha value is -1.17. The Bertz CT molecular complexity index is 475. The van der Waals surface area contributed by atoms with E-state index in [2.05, 4.69) is 19.2 Å². The first-order chi connectivity index (χ1) is 9.21. The van der Waals surface area contributed by atoms with Crippen LogP contribution in [0.1, 0.15) is 32.8 Å². The van der Waals surface area contributed by atoms with Crippen LogP contribution in [0.15, 0.2) is 18.2 Å². The van der Waals surface area contributed by atoms with Crippen molar-refractivity contribution in [1.29, 1.82) is 0 Å². The lowest BCUT2D eigenvalue weighted by atomic mass is 9.87. The number of hydrogen-bond acceptors (Lipinski definition) is 4. The zero-order chi connectivity index (χ0) is 15.3. The number of nitrogens with one attached hydrogen (secondary N) is 1. The molecule has 0 saturated heterocycles. The summed E-state index contributed by atoms with van der Waals surface area (Å²) in [6, 6.07) is 4.41. The largest absolute Gasteiger partial charge is 0.393 e. The van der Waals surface area contributed by atoms with Gasteiger partial charge in [-0.1, -0.05) is 25.4 Å². The molecule has 0 saturated carbocycles. The molecule has 0 bridgehead atoms. The van der Waals surface area contributed by atoms with Crippen molar-refractivity contribution in [3.63, 3.8) is 0 Å². The van der Waals surface area contributed by atoms with Gasteiger partial charge in [0, 0.05) is 30.2 Å². The van der Waals surface area contributed by atoms with E-state index in [-0.39, 0.29) is 17.2 Å². The molecule has 0 aromatic heterocycles. The van der Waals surface area contributed by atoms with Crippen LogP contribution in [0, 0.1) is 15.5 Å². The van der Waals surface area contributed by atoms with Crippen LogP contribution < -0.4 is 5.32 Å². The predicted molar refractivity (Wildman–Crippen MR) is 79.9 cm³/mol. The van der Waals surface area contributed by atoms with Crippen molar-refractivity contribution < 1.29 is 10.0 Å². The van der Waals surface area contributed by atoms with E-state index in [4.69, 9.17) is 11.6 Å². The zero-order valence-corrected chi connectivity index (χ0v) is 12.8. The van der Waals surface area contributed by atoms with Gasteiger partial charge in [-0.15, -0.1) is 0 Å². The Balaban J connectivity index is 2.62. The highest BCUT2D eigenvalue weighted by atomic mass is 35.5. The Kier molecular flexibility index (Phi) is 5.92. The molecule has 20 heavy (non-hydrogen) atoms. The highest BCUT2D eigenvalue weighted by Gasteiger charge is 2.20. The fourth-order valence-electron chi connectivity index (χ4n) is 2.22. The summed E-state index contributed by atoms with van der Waals surface area (Å²) in [7, 11) is 0. The molecule has 1 aromatic carbocycles. The van der Waals surface area contributed by atoms with Gasteiger partial charge in [-0.3, -0.25) is 10.1 Å². The summed E-state index contributed by atoms with van der Waals surface area (Å²) in [6.45, 7) is 7.03. The second kappa shape index (κ2) is 7.02. The number of aliphatic hydroxyl groups excluding tert-OH is 1. The van der Waals surface area contributed by atoms with Crippen LogP contribution in [0.5, 0.6) is 0 Å². The molecule has 0 fully saturated rings. The summed E-state index contributed by atoms with van der Waals surface area (Å²) in [5.41, 5.74) is 0.685. The maximum atomic E-state index is 10.7. The second-order valence-electron chi connectivity index (χ2n) is 5.85. The smallest absolute Gasteiger partial charge is 0.269 e. The van der Waals surface area contributed by atoms with Gasteiger partial charge in [0.1, 0.15) is 0 Å². The number of nitro groups is 1. The van der Waals surface area contributed by atoms with E-state index in [1.165, 1.54) is 18.2 Å². The number of aliphatic hydroxyl groups is 1. The van der Waals surface area contributed by atoms with Gasteiger partial charge in [-0.25, -0.2) is 0 Å². The van der Waals surface area contributed by atoms with Crippen molar-refractivity contribution in [1.82, 2.24) is 5.32 Å². The third kappa shape index (κ3) is 5.45. The van der Waals surface area contributed by atoms with Crippen LogP contribution in [0.4, 0.5) is 5.69 Å². The maximum absolute atomic E-state index is 10.7. The topological polar surface area (TPSA) is 75.4 Å². The molecule has 0 radical (unpaired) electrons. The molecule has 1 unspecified atom stereocenters. The van der Waals surface area contributed by atoms with Crippen LogP contribution >= 0.6 is 11.6 Å². The van der Waals surface area contributed by atoms with Gasteiger partial charge in [0.2, 0.25) is 0 Å². The van der Waals surface area contributed by atoms with Gasteiger partial charge in [0.25, 0.3) is 5.69 Å². The first-order valence-electron chi connectivity index (χ1n) is 6.53. The molecular formula is C14H21ClN2O3. The molecule has 0 aliphatic carbocycles. The van der Waals surface area contributed by atoms with E-state index in [0.717, 1.165) is 0 Å². The monoisotopic (exact) mass is 300 g/mol. The van der Waals surface area contributed by atoms with Crippen LogP contribution in [0.2, 0.25) is 5.02 Å². The first kappa shape index (κ1) is 16.9. The number of nitro benzene ring substituents is 1. The number of hydrogen-bond donors (Lipinski definition) is 2. The summed E-state index contributed by atoms with van der Waals surface area (Å²) in [5.74, 6) is 0. The molecule has 5 nitrogen and oxygen atoms in total. The van der Waals surface area contributed by atoms with Gasteiger partial charge in [-0.05, 0) is 30.4 Å². The lowest BCUT2D eigenvalue weighted by Gasteiger charge is -2.26. The number of non-ortho nitro benzene ring substituents is 1. The quantitative estimate of drug-likeness (QED) is 0.599. The van der Waals surface area contributed by atoms with Crippen LogP contribution in [0.3, 0.4) is 0 Å². The third-order valence-corrected chi connectivity index (χ3v) is 3.38. The molecule has 0 aliphatic heterocycles. The van der Waals surface area contributed by atoms with Crippen LogP contribution in [0.25, 0.3) is 0 Å². The molecule has 0 aliphatic rings. The predicted octanol–water partition coefficient (Wildman–Crippen LogP) is 3.13. The van der Waals surface area contributed by atoms with Gasteiger partial charge < -0.3 is 10.4 Å². The van der Waals surface area contributed by atoms with Gasteiger partial charge >= 0.3 is 0 Å². The van der Waals surface area contributed by atoms with E-state index < -0.39 is 4.92 Å². The molecule has 112 valence electrons. The summed E-state index contributed by atoms with van der Waals surface area (Å²) in [5, 5.41) is 23.9. The number of halogens is 1. The molecule has 0 spiro atoms. The summed E-state index contributed by atoms with van der Waals surface area (Å²) >= 11 is 6.03. The average Bonchev–Trinajstić information content (AvgIpc) is 2.29. The highest BCUT2D eigenvalue weighted by molar-refractivity contribution is 6.31. The maximum Gasteiger partial charge on any atom is 0.269 e. The Labute approximate surface area is 124 Å². The average molecular weight is 301 g/mol. The van der Waals surface area contributed by atoms with Crippen molar-refractivity contribution in [3.05, 3.63) is 38.9 Å². The normalized spacial score (nSPS) is 13.2. The molecule has 2 N–H and O–H groups in total. The number of rotatable bonds is 7. The molecule has 0 amide bonds. The minimum Gasteiger partial charge on any atom is -0.393 e. The third-order valence-electron chi connectivity index (χ3n) is 3.01. The SMILES string of the molecule is CC(O)CC(C)(C)CNCc1cc([N+](=O)[O-])ccc1Cl. The van der Waals surface area contributed by atoms with E-state index in [1.807, 2.05) is 0 Å². The van der Waals surface area contributed by atoms with Crippen LogP contribution in [-0.4, -0.2) is 22.7 Å². The first-order valence-corrected chi connectivity index (χ1v) is 6.91. The van der Waals surface area contributed by atoms with Crippen LogP contribution in [-0.2, 0) is 6.54 Å². The minimum atomic E-state index is -0.433. The van der Waals surface area contributed by atoms with Crippen molar-refractivity contribution >= 4 is 17.3 Å². The molecule has 1 atom stereocenters. The van der Waals surface area contributed by atoms with Gasteiger partial charge in [-0.2, -0.15) is 0 Å². The highest BCUT2D eigenvalue weighted by Crippen LogP contribution is 2.24. The van der Waals surface area contributed by atoms with Crippen molar-refractivity contribution in [2.24, 2.45) is 5.41 Å². The van der Waals surface area contributed by atoms with E-state index in [0.29, 0.717) is 30.1 Å². The number of nitrogens with zero attached hydrogens (tertiary/aromatic N) is 1. The fraction of sp³-hybridized carbons (Fsp3) is 0.571. The van der Waals surface area contributed by atoms with Crippen molar-refractivity contribution in [3.8, 4) is 0 Å². The Morgan fingerprint density at radius 2 is 2.15 bits per heavy atom.